The summed E-state index contributed by atoms with van der Waals surface area (Å²) in [5.74, 6) is 0.862. The molecule has 0 saturated carbocycles. The molecule has 4 aromatic rings. The van der Waals surface area contributed by atoms with E-state index in [2.05, 4.69) is 77.5 Å². The van der Waals surface area contributed by atoms with Crippen molar-refractivity contribution in [1.29, 1.82) is 0 Å². The van der Waals surface area contributed by atoms with Gasteiger partial charge >= 0.3 is 5.51 Å². The van der Waals surface area contributed by atoms with E-state index in [1.54, 1.807) is 7.11 Å². The first-order chi connectivity index (χ1) is 15.1. The minimum atomic E-state index is -6.09. The van der Waals surface area contributed by atoms with Gasteiger partial charge in [0.05, 0.1) is 7.11 Å². The summed E-state index contributed by atoms with van der Waals surface area (Å²) in [5.41, 5.74) is -2.17. The maximum Gasteiger partial charge on any atom is 0.485 e. The van der Waals surface area contributed by atoms with Crippen LogP contribution >= 0.6 is 0 Å². The van der Waals surface area contributed by atoms with Gasteiger partial charge < -0.3 is 9.29 Å². The second kappa shape index (κ2) is 9.37. The topological polar surface area (TPSA) is 70.3 Å². The molecule has 3 aromatic carbocycles. The number of benzene rings is 3. The van der Waals surface area contributed by atoms with Crippen LogP contribution in [0.2, 0.25) is 0 Å². The Morgan fingerprint density at radius 1 is 0.844 bits per heavy atom. The van der Waals surface area contributed by atoms with Gasteiger partial charge in [0.1, 0.15) is 5.75 Å². The monoisotopic (exact) mass is 461 g/mol. The van der Waals surface area contributed by atoms with E-state index in [4.69, 9.17) is 17.7 Å². The van der Waals surface area contributed by atoms with Crippen LogP contribution in [0.15, 0.2) is 91.1 Å². The van der Waals surface area contributed by atoms with Gasteiger partial charge in [-0.05, 0) is 35.7 Å². The first kappa shape index (κ1) is 23.2. The summed E-state index contributed by atoms with van der Waals surface area (Å²) in [6, 6.07) is 29.3. The number of alkyl halides is 3. The Morgan fingerprint density at radius 2 is 1.38 bits per heavy atom. The zero-order chi connectivity index (χ0) is 23.4. The van der Waals surface area contributed by atoms with Crippen molar-refractivity contribution in [2.75, 3.05) is 7.11 Å². The van der Waals surface area contributed by atoms with Gasteiger partial charge in [-0.2, -0.15) is 17.7 Å². The van der Waals surface area contributed by atoms with Crippen molar-refractivity contribution >= 4 is 20.9 Å². The highest BCUT2D eigenvalue weighted by atomic mass is 32.2. The van der Waals surface area contributed by atoms with E-state index in [-0.39, 0.29) is 0 Å². The fraction of sp³-hybridized carbons (Fsp3) is 0.0870. The molecule has 4 rings (SSSR count). The highest BCUT2D eigenvalue weighted by Crippen LogP contribution is 2.23. The molecule has 0 aliphatic rings. The number of fused-ring (bicyclic) bond motifs is 1. The van der Waals surface area contributed by atoms with Gasteiger partial charge in [0.15, 0.2) is 16.3 Å². The summed E-state index contributed by atoms with van der Waals surface area (Å²) < 4.78 is 66.4. The van der Waals surface area contributed by atoms with Crippen LogP contribution in [0.4, 0.5) is 13.2 Å². The molecule has 166 valence electrons. The van der Waals surface area contributed by atoms with Crippen molar-refractivity contribution in [1.82, 2.24) is 0 Å². The third-order valence-corrected chi connectivity index (χ3v) is 5.09. The van der Waals surface area contributed by atoms with E-state index in [1.165, 1.54) is 22.0 Å². The SMILES string of the molecule is COc1ccc(-[n+]2cc3ccccc3cc2-c2ccccc2)cc1.O=S(=O)([O-])C(F)(F)F. The summed E-state index contributed by atoms with van der Waals surface area (Å²) in [7, 11) is -4.40. The maximum absolute atomic E-state index is 10.7. The van der Waals surface area contributed by atoms with E-state index in [0.29, 0.717) is 0 Å². The van der Waals surface area contributed by atoms with Crippen molar-refractivity contribution in [3.63, 3.8) is 0 Å². The molecule has 0 N–H and O–H groups in total. The minimum absolute atomic E-state index is 0.862. The lowest BCUT2D eigenvalue weighted by atomic mass is 10.1. The normalized spacial score (nSPS) is 11.5. The summed E-state index contributed by atoms with van der Waals surface area (Å²) in [6.45, 7) is 0. The van der Waals surface area contributed by atoms with E-state index in [9.17, 15) is 13.2 Å². The molecule has 0 aliphatic carbocycles. The van der Waals surface area contributed by atoms with Crippen LogP contribution in [-0.4, -0.2) is 25.6 Å². The van der Waals surface area contributed by atoms with Crippen LogP contribution < -0.4 is 9.30 Å². The number of ether oxygens (including phenoxy) is 1. The standard InChI is InChI=1S/C22H18NO.CHF3O3S/c1-24-21-13-11-20(12-14-21)23-16-19-10-6-5-9-18(19)15-22(23)17-7-3-2-4-8-17;2-1(3,4)8(5,6)7/h2-16H,1H3;(H,5,6,7)/q+1;/p-1. The van der Waals surface area contributed by atoms with E-state index < -0.39 is 15.6 Å². The van der Waals surface area contributed by atoms with Gasteiger partial charge in [0.2, 0.25) is 11.4 Å². The molecule has 0 unspecified atom stereocenters. The molecule has 0 atom stereocenters. The van der Waals surface area contributed by atoms with Gasteiger partial charge in [-0.1, -0.05) is 36.4 Å². The second-order valence-corrected chi connectivity index (χ2v) is 7.99. The van der Waals surface area contributed by atoms with E-state index in [0.717, 1.165) is 11.4 Å². The van der Waals surface area contributed by atoms with E-state index in [1.807, 2.05) is 18.2 Å². The highest BCUT2D eigenvalue weighted by molar-refractivity contribution is 7.86. The Balaban J connectivity index is 0.000000312. The molecule has 1 heterocycles. The summed E-state index contributed by atoms with van der Waals surface area (Å²) in [6.07, 6.45) is 2.19. The number of nitrogens with zero attached hydrogens (tertiary/aromatic N) is 1. The molecule has 0 spiro atoms. The minimum Gasteiger partial charge on any atom is -0.741 e. The molecular formula is C23H18F3NO4S. The molecule has 32 heavy (non-hydrogen) atoms. The van der Waals surface area contributed by atoms with Gasteiger partial charge in [0, 0.05) is 29.1 Å². The second-order valence-electron chi connectivity index (χ2n) is 6.62. The zero-order valence-electron chi connectivity index (χ0n) is 16.8. The lowest BCUT2D eigenvalue weighted by Crippen LogP contribution is -2.33. The number of hydrogen-bond donors (Lipinski definition) is 0. The first-order valence-corrected chi connectivity index (χ1v) is 10.7. The van der Waals surface area contributed by atoms with Crippen LogP contribution in [-0.2, 0) is 10.1 Å². The summed E-state index contributed by atoms with van der Waals surface area (Å²) in [4.78, 5) is 0. The first-order valence-electron chi connectivity index (χ1n) is 9.26. The third-order valence-electron chi connectivity index (χ3n) is 4.52. The Kier molecular flexibility index (Phi) is 6.81. The van der Waals surface area contributed by atoms with Crippen molar-refractivity contribution in [2.45, 2.75) is 5.51 Å². The number of aromatic nitrogens is 1. The fourth-order valence-electron chi connectivity index (χ4n) is 2.97. The van der Waals surface area contributed by atoms with Gasteiger partial charge in [-0.3, -0.25) is 0 Å². The van der Waals surface area contributed by atoms with Crippen molar-refractivity contribution in [2.24, 2.45) is 0 Å². The maximum atomic E-state index is 10.7. The molecule has 0 saturated heterocycles. The van der Waals surface area contributed by atoms with Gasteiger partial charge in [-0.25, -0.2) is 8.42 Å². The number of pyridine rings is 1. The van der Waals surface area contributed by atoms with Crippen LogP contribution in [0.5, 0.6) is 5.75 Å². The van der Waals surface area contributed by atoms with Crippen molar-refractivity contribution < 1.29 is 35.4 Å². The molecule has 5 nitrogen and oxygen atoms in total. The lowest BCUT2D eigenvalue weighted by molar-refractivity contribution is -0.582. The highest BCUT2D eigenvalue weighted by Gasteiger charge is 2.36. The van der Waals surface area contributed by atoms with Crippen molar-refractivity contribution in [3.8, 4) is 22.7 Å². The smallest absolute Gasteiger partial charge is 0.485 e. The molecule has 0 aliphatic heterocycles. The quantitative estimate of drug-likeness (QED) is 0.249. The summed E-state index contributed by atoms with van der Waals surface area (Å²) in [5, 5.41) is 2.45. The Morgan fingerprint density at radius 3 is 1.91 bits per heavy atom. The third kappa shape index (κ3) is 5.43. The predicted octanol–water partition coefficient (Wildman–Crippen LogP) is 4.84. The lowest BCUT2D eigenvalue weighted by Gasteiger charge is -2.08. The fourth-order valence-corrected chi connectivity index (χ4v) is 2.97. The van der Waals surface area contributed by atoms with Crippen LogP contribution in [0.1, 0.15) is 0 Å². The molecule has 0 bridgehead atoms. The average molecular weight is 461 g/mol. The Hall–Kier alpha value is -3.43. The van der Waals surface area contributed by atoms with E-state index >= 15 is 0 Å². The molecule has 0 radical (unpaired) electrons. The Bertz CT molecular complexity index is 1310. The molecular weight excluding hydrogens is 443 g/mol. The molecule has 0 fully saturated rings. The average Bonchev–Trinajstić information content (AvgIpc) is 2.78. The van der Waals surface area contributed by atoms with Crippen LogP contribution in [0, 0.1) is 0 Å². The summed E-state index contributed by atoms with van der Waals surface area (Å²) >= 11 is 0. The number of rotatable bonds is 3. The number of hydrogen-bond acceptors (Lipinski definition) is 4. The van der Waals surface area contributed by atoms with Crippen molar-refractivity contribution in [3.05, 3.63) is 91.1 Å². The van der Waals surface area contributed by atoms with Crippen LogP contribution in [0.3, 0.4) is 0 Å². The molecule has 9 heteroatoms. The largest absolute Gasteiger partial charge is 0.741 e. The predicted molar refractivity (Wildman–Crippen MR) is 113 cm³/mol. The number of halogens is 3. The van der Waals surface area contributed by atoms with Gasteiger partial charge in [0.25, 0.3) is 0 Å². The Labute approximate surface area is 183 Å². The zero-order valence-corrected chi connectivity index (χ0v) is 17.6. The molecule has 0 amide bonds. The van der Waals surface area contributed by atoms with Gasteiger partial charge in [-0.15, -0.1) is 0 Å². The van der Waals surface area contributed by atoms with Crippen LogP contribution in [0.25, 0.3) is 27.7 Å². The number of methoxy groups -OCH3 is 1. The molecule has 1 aromatic heterocycles.